The Morgan fingerprint density at radius 3 is 2.71 bits per heavy atom. The van der Waals surface area contributed by atoms with Gasteiger partial charge in [0.2, 0.25) is 0 Å². The summed E-state index contributed by atoms with van der Waals surface area (Å²) in [4.78, 5) is 18.4. The van der Waals surface area contributed by atoms with Gasteiger partial charge in [0.25, 0.3) is 5.56 Å². The molecule has 4 nitrogen and oxygen atoms in total. The number of hydrogen-bond acceptors (Lipinski definition) is 5. The van der Waals surface area contributed by atoms with Crippen molar-refractivity contribution in [2.45, 2.75) is 35.5 Å². The molecule has 7 heteroatoms. The first-order valence-corrected chi connectivity index (χ1v) is 11.3. The van der Waals surface area contributed by atoms with Crippen LogP contribution in [0.1, 0.15) is 12.8 Å². The summed E-state index contributed by atoms with van der Waals surface area (Å²) in [6.07, 6.45) is 2.06. The fraction of sp³-hybridized carbons (Fsp3) is 0.333. The monoisotopic (exact) mass is 416 g/mol. The summed E-state index contributed by atoms with van der Waals surface area (Å²) < 4.78 is 21.2. The lowest BCUT2D eigenvalue weighted by Crippen LogP contribution is -2.28. The number of hydrogen-bond donors (Lipinski definition) is 0. The minimum absolute atomic E-state index is 0.0228. The number of ether oxygens (including phenoxy) is 1. The molecule has 28 heavy (non-hydrogen) atoms. The molecule has 0 amide bonds. The molecule has 2 aromatic carbocycles. The third-order valence-corrected chi connectivity index (χ3v) is 6.93. The van der Waals surface area contributed by atoms with Gasteiger partial charge in [0, 0.05) is 23.0 Å². The molecule has 0 N–H and O–H groups in total. The normalized spacial score (nSPS) is 16.7. The predicted octanol–water partition coefficient (Wildman–Crippen LogP) is 4.60. The van der Waals surface area contributed by atoms with Crippen LogP contribution in [0.15, 0.2) is 63.4 Å². The Morgan fingerprint density at radius 2 is 1.89 bits per heavy atom. The standard InChI is InChI=1S/C21H21FN2O2S2/c22-17-8-2-4-10-19(17)27-12-13-28-21-23-18-9-3-1-7-16(18)20(25)24(21)14-15-6-5-11-26-15/h1-4,7-10,15H,5-6,11-14H2/t15-/m1/s1. The molecule has 1 aliphatic heterocycles. The summed E-state index contributed by atoms with van der Waals surface area (Å²) in [5.74, 6) is 1.26. The maximum Gasteiger partial charge on any atom is 0.262 e. The van der Waals surface area contributed by atoms with Crippen LogP contribution in [0.5, 0.6) is 0 Å². The van der Waals surface area contributed by atoms with Crippen LogP contribution in [-0.2, 0) is 11.3 Å². The second kappa shape index (κ2) is 9.11. The van der Waals surface area contributed by atoms with E-state index >= 15 is 0 Å². The molecule has 1 aromatic heterocycles. The highest BCUT2D eigenvalue weighted by molar-refractivity contribution is 8.02. The molecule has 2 heterocycles. The number of aromatic nitrogens is 2. The van der Waals surface area contributed by atoms with Gasteiger partial charge in [-0.2, -0.15) is 0 Å². The van der Waals surface area contributed by atoms with Crippen LogP contribution < -0.4 is 5.56 Å². The number of para-hydroxylation sites is 1. The van der Waals surface area contributed by atoms with Crippen molar-refractivity contribution in [3.8, 4) is 0 Å². The van der Waals surface area contributed by atoms with Crippen LogP contribution in [0.4, 0.5) is 4.39 Å². The van der Waals surface area contributed by atoms with E-state index in [1.807, 2.05) is 30.3 Å². The highest BCUT2D eigenvalue weighted by Gasteiger charge is 2.20. The SMILES string of the molecule is O=c1c2ccccc2nc(SCCSc2ccccc2F)n1C[C@H]1CCCO1. The molecular weight excluding hydrogens is 395 g/mol. The van der Waals surface area contributed by atoms with Crippen molar-refractivity contribution < 1.29 is 9.13 Å². The van der Waals surface area contributed by atoms with Gasteiger partial charge in [0.05, 0.1) is 23.6 Å². The van der Waals surface area contributed by atoms with Crippen molar-refractivity contribution in [3.05, 3.63) is 64.7 Å². The largest absolute Gasteiger partial charge is 0.376 e. The van der Waals surface area contributed by atoms with Gasteiger partial charge < -0.3 is 4.74 Å². The number of nitrogens with zero attached hydrogens (tertiary/aromatic N) is 2. The Balaban J connectivity index is 1.52. The Morgan fingerprint density at radius 1 is 1.11 bits per heavy atom. The third kappa shape index (κ3) is 4.42. The van der Waals surface area contributed by atoms with Crippen molar-refractivity contribution in [2.75, 3.05) is 18.1 Å². The van der Waals surface area contributed by atoms with E-state index in [1.54, 1.807) is 16.7 Å². The maximum absolute atomic E-state index is 13.8. The lowest BCUT2D eigenvalue weighted by Gasteiger charge is -2.16. The van der Waals surface area contributed by atoms with Gasteiger partial charge in [-0.05, 0) is 37.1 Å². The van der Waals surface area contributed by atoms with Gasteiger partial charge in [0.15, 0.2) is 5.16 Å². The zero-order chi connectivity index (χ0) is 19.3. The molecule has 1 aliphatic rings. The molecule has 1 fully saturated rings. The van der Waals surface area contributed by atoms with E-state index in [0.717, 1.165) is 31.0 Å². The Bertz CT molecular complexity index is 1020. The first kappa shape index (κ1) is 19.5. The summed E-state index contributed by atoms with van der Waals surface area (Å²) in [7, 11) is 0. The van der Waals surface area contributed by atoms with Gasteiger partial charge in [-0.3, -0.25) is 9.36 Å². The van der Waals surface area contributed by atoms with Gasteiger partial charge >= 0.3 is 0 Å². The molecule has 0 bridgehead atoms. The average Bonchev–Trinajstić information content (AvgIpc) is 3.22. The van der Waals surface area contributed by atoms with Gasteiger partial charge in [-0.25, -0.2) is 9.37 Å². The van der Waals surface area contributed by atoms with E-state index < -0.39 is 0 Å². The van der Waals surface area contributed by atoms with Crippen LogP contribution in [0.3, 0.4) is 0 Å². The van der Waals surface area contributed by atoms with Crippen molar-refractivity contribution in [2.24, 2.45) is 0 Å². The quantitative estimate of drug-likeness (QED) is 0.320. The number of thioether (sulfide) groups is 2. The average molecular weight is 417 g/mol. The summed E-state index contributed by atoms with van der Waals surface area (Å²) >= 11 is 3.01. The van der Waals surface area contributed by atoms with Gasteiger partial charge in [-0.1, -0.05) is 36.0 Å². The van der Waals surface area contributed by atoms with Crippen molar-refractivity contribution in [3.63, 3.8) is 0 Å². The van der Waals surface area contributed by atoms with E-state index in [2.05, 4.69) is 0 Å². The van der Waals surface area contributed by atoms with Crippen LogP contribution in [0.2, 0.25) is 0 Å². The molecule has 1 atom stereocenters. The number of fused-ring (bicyclic) bond motifs is 1. The minimum Gasteiger partial charge on any atom is -0.376 e. The maximum atomic E-state index is 13.8. The van der Waals surface area contributed by atoms with E-state index in [-0.39, 0.29) is 17.5 Å². The molecule has 0 spiro atoms. The fourth-order valence-electron chi connectivity index (χ4n) is 3.26. The molecule has 146 valence electrons. The molecule has 1 saturated heterocycles. The molecule has 0 radical (unpaired) electrons. The zero-order valence-corrected chi connectivity index (χ0v) is 17.0. The molecule has 3 aromatic rings. The van der Waals surface area contributed by atoms with Gasteiger partial charge in [-0.15, -0.1) is 11.8 Å². The summed E-state index contributed by atoms with van der Waals surface area (Å²) in [6.45, 7) is 1.28. The van der Waals surface area contributed by atoms with E-state index in [1.165, 1.54) is 29.6 Å². The second-order valence-electron chi connectivity index (χ2n) is 6.59. The Kier molecular flexibility index (Phi) is 6.34. The highest BCUT2D eigenvalue weighted by atomic mass is 32.2. The molecule has 0 saturated carbocycles. The summed E-state index contributed by atoms with van der Waals surface area (Å²) in [5.41, 5.74) is 0.686. The van der Waals surface area contributed by atoms with Crippen LogP contribution in [-0.4, -0.2) is 33.8 Å². The van der Waals surface area contributed by atoms with E-state index in [9.17, 15) is 9.18 Å². The number of halogens is 1. The van der Waals surface area contributed by atoms with E-state index in [0.29, 0.717) is 27.5 Å². The van der Waals surface area contributed by atoms with Crippen LogP contribution in [0.25, 0.3) is 10.9 Å². The van der Waals surface area contributed by atoms with E-state index in [4.69, 9.17) is 9.72 Å². The third-order valence-electron chi connectivity index (χ3n) is 4.65. The summed E-state index contributed by atoms with van der Waals surface area (Å²) in [6, 6.07) is 14.2. The fourth-order valence-corrected chi connectivity index (χ4v) is 5.18. The van der Waals surface area contributed by atoms with Crippen molar-refractivity contribution in [1.82, 2.24) is 9.55 Å². The molecular formula is C21H21FN2O2S2. The predicted molar refractivity (Wildman–Crippen MR) is 113 cm³/mol. The Labute approximate surface area is 171 Å². The van der Waals surface area contributed by atoms with Crippen molar-refractivity contribution in [1.29, 1.82) is 0 Å². The van der Waals surface area contributed by atoms with Crippen LogP contribution >= 0.6 is 23.5 Å². The lowest BCUT2D eigenvalue weighted by molar-refractivity contribution is 0.0937. The first-order chi connectivity index (χ1) is 13.7. The molecule has 4 rings (SSSR count). The zero-order valence-electron chi connectivity index (χ0n) is 15.3. The lowest BCUT2D eigenvalue weighted by atomic mass is 10.2. The number of benzene rings is 2. The minimum atomic E-state index is -0.198. The summed E-state index contributed by atoms with van der Waals surface area (Å²) in [5, 5.41) is 1.33. The first-order valence-electron chi connectivity index (χ1n) is 9.33. The molecule has 0 unspecified atom stereocenters. The second-order valence-corrected chi connectivity index (χ2v) is 8.79. The van der Waals surface area contributed by atoms with Crippen LogP contribution in [0, 0.1) is 5.82 Å². The smallest absolute Gasteiger partial charge is 0.262 e. The molecule has 0 aliphatic carbocycles. The van der Waals surface area contributed by atoms with Gasteiger partial charge in [0.1, 0.15) is 5.82 Å². The topological polar surface area (TPSA) is 44.1 Å². The Hall–Kier alpha value is -1.83. The van der Waals surface area contributed by atoms with Crippen molar-refractivity contribution >= 4 is 34.4 Å². The number of rotatable bonds is 7. The highest BCUT2D eigenvalue weighted by Crippen LogP contribution is 2.25.